The maximum atomic E-state index is 13.4. The number of nitrogens with zero attached hydrogens (tertiary/aromatic N) is 1. The second kappa shape index (κ2) is 5.22. The predicted molar refractivity (Wildman–Crippen MR) is 86.7 cm³/mol. The minimum absolute atomic E-state index is 0.124. The molecule has 0 fully saturated rings. The topological polar surface area (TPSA) is 3.24 Å². The Balaban J connectivity index is 1.52. The Kier molecular flexibility index (Phi) is 3.35. The molecule has 21 heavy (non-hydrogen) atoms. The normalized spacial score (nSPS) is 24.3. The van der Waals surface area contributed by atoms with Gasteiger partial charge < -0.3 is 0 Å². The van der Waals surface area contributed by atoms with Gasteiger partial charge in [-0.15, -0.1) is 0 Å². The summed E-state index contributed by atoms with van der Waals surface area (Å²) in [7, 11) is 0. The van der Waals surface area contributed by atoms with Gasteiger partial charge in [0.25, 0.3) is 0 Å². The van der Waals surface area contributed by atoms with Gasteiger partial charge in [0.05, 0.1) is 0 Å². The molecule has 1 atom stereocenters. The van der Waals surface area contributed by atoms with Crippen LogP contribution >= 0.6 is 15.9 Å². The second-order valence-electron chi connectivity index (χ2n) is 6.12. The van der Waals surface area contributed by atoms with Crippen molar-refractivity contribution in [2.75, 3.05) is 13.1 Å². The van der Waals surface area contributed by atoms with Gasteiger partial charge in [-0.05, 0) is 47.2 Å². The zero-order valence-electron chi connectivity index (χ0n) is 11.8. The summed E-state index contributed by atoms with van der Waals surface area (Å²) in [6.45, 7) is 2.87. The van der Waals surface area contributed by atoms with Crippen molar-refractivity contribution in [2.45, 2.75) is 19.4 Å². The molecular weight excluding hydrogens is 329 g/mol. The third-order valence-electron chi connectivity index (χ3n) is 4.71. The fourth-order valence-corrected chi connectivity index (χ4v) is 3.81. The molecule has 0 amide bonds. The van der Waals surface area contributed by atoms with Crippen LogP contribution in [0.15, 0.2) is 52.1 Å². The molecule has 0 radical (unpaired) electrons. The molecule has 5 rings (SSSR count). The molecular formula is C18H17BrFN. The molecule has 1 unspecified atom stereocenters. The Morgan fingerprint density at radius 1 is 1.24 bits per heavy atom. The molecule has 2 bridgehead atoms. The summed E-state index contributed by atoms with van der Waals surface area (Å²) in [5.74, 6) is 0.464. The summed E-state index contributed by atoms with van der Waals surface area (Å²) < 4.78 is 14.7. The Hall–Kier alpha value is -1.19. The van der Waals surface area contributed by atoms with E-state index in [1.807, 2.05) is 6.07 Å². The summed E-state index contributed by atoms with van der Waals surface area (Å²) in [6.07, 6.45) is 8.96. The van der Waals surface area contributed by atoms with Gasteiger partial charge in [-0.3, -0.25) is 4.90 Å². The van der Waals surface area contributed by atoms with Gasteiger partial charge in [0.15, 0.2) is 0 Å². The Morgan fingerprint density at radius 2 is 2.10 bits per heavy atom. The van der Waals surface area contributed by atoms with E-state index in [9.17, 15) is 4.39 Å². The van der Waals surface area contributed by atoms with Gasteiger partial charge in [-0.1, -0.05) is 40.2 Å². The van der Waals surface area contributed by atoms with Crippen LogP contribution in [0.1, 0.15) is 17.5 Å². The first-order chi connectivity index (χ1) is 10.2. The van der Waals surface area contributed by atoms with E-state index in [1.54, 1.807) is 12.1 Å². The standard InChI is InChI=1S/C18H17BrFN/c19-18-4-2-13(14-7-15(18)8-14)10-21-6-5-12-1-3-17(20)9-16(12)11-21/h1-4,7,9,15H,5-6,8,10-11H2. The summed E-state index contributed by atoms with van der Waals surface area (Å²) in [4.78, 5) is 2.43. The number of hydrogen-bond acceptors (Lipinski definition) is 1. The van der Waals surface area contributed by atoms with E-state index in [-0.39, 0.29) is 5.82 Å². The van der Waals surface area contributed by atoms with Crippen LogP contribution in [0.3, 0.4) is 0 Å². The van der Waals surface area contributed by atoms with Crippen LogP contribution in [-0.2, 0) is 13.0 Å². The highest BCUT2D eigenvalue weighted by Crippen LogP contribution is 2.41. The first kappa shape index (κ1) is 13.5. The quantitative estimate of drug-likeness (QED) is 0.770. The Bertz CT molecular complexity index is 686. The van der Waals surface area contributed by atoms with E-state index in [1.165, 1.54) is 21.2 Å². The molecule has 108 valence electrons. The third kappa shape index (κ3) is 2.53. The highest BCUT2D eigenvalue weighted by Gasteiger charge is 2.27. The fourth-order valence-electron chi connectivity index (χ4n) is 3.39. The predicted octanol–water partition coefficient (Wildman–Crippen LogP) is 4.35. The van der Waals surface area contributed by atoms with Gasteiger partial charge in [-0.25, -0.2) is 4.39 Å². The van der Waals surface area contributed by atoms with Crippen LogP contribution in [-0.4, -0.2) is 18.0 Å². The molecule has 1 aromatic rings. The van der Waals surface area contributed by atoms with E-state index in [0.29, 0.717) is 5.92 Å². The van der Waals surface area contributed by atoms with Crippen molar-refractivity contribution in [3.63, 3.8) is 0 Å². The number of allylic oxidation sites excluding steroid dienone is 4. The summed E-state index contributed by atoms with van der Waals surface area (Å²) >= 11 is 3.64. The smallest absolute Gasteiger partial charge is 0.123 e. The molecule has 0 spiro atoms. The average Bonchev–Trinajstić information content (AvgIpc) is 2.65. The lowest BCUT2D eigenvalue weighted by Gasteiger charge is -2.32. The number of benzene rings is 1. The highest BCUT2D eigenvalue weighted by molar-refractivity contribution is 9.11. The summed E-state index contributed by atoms with van der Waals surface area (Å²) in [5.41, 5.74) is 5.34. The minimum atomic E-state index is -0.124. The second-order valence-corrected chi connectivity index (χ2v) is 7.04. The lowest BCUT2D eigenvalue weighted by molar-refractivity contribution is 0.275. The largest absolute Gasteiger partial charge is 0.294 e. The third-order valence-corrected chi connectivity index (χ3v) is 5.56. The molecule has 4 aliphatic rings. The molecule has 0 aromatic heterocycles. The maximum absolute atomic E-state index is 13.4. The molecule has 1 aromatic carbocycles. The number of hydrogen-bond donors (Lipinski definition) is 0. The van der Waals surface area contributed by atoms with Gasteiger partial charge in [-0.2, -0.15) is 0 Å². The van der Waals surface area contributed by atoms with Crippen LogP contribution in [0.5, 0.6) is 0 Å². The van der Waals surface area contributed by atoms with Crippen LogP contribution in [0, 0.1) is 11.7 Å². The number of rotatable bonds is 2. The summed E-state index contributed by atoms with van der Waals surface area (Å²) in [6, 6.07) is 5.20. The van der Waals surface area contributed by atoms with Crippen molar-refractivity contribution in [3.8, 4) is 0 Å². The maximum Gasteiger partial charge on any atom is 0.123 e. The Labute approximate surface area is 133 Å². The zero-order valence-corrected chi connectivity index (χ0v) is 13.4. The highest BCUT2D eigenvalue weighted by atomic mass is 79.9. The summed E-state index contributed by atoms with van der Waals surface area (Å²) in [5, 5.41) is 0. The van der Waals surface area contributed by atoms with Crippen LogP contribution in [0.25, 0.3) is 0 Å². The van der Waals surface area contributed by atoms with E-state index in [2.05, 4.69) is 39.1 Å². The first-order valence-corrected chi connectivity index (χ1v) is 8.25. The first-order valence-electron chi connectivity index (χ1n) is 7.46. The Morgan fingerprint density at radius 3 is 2.95 bits per heavy atom. The molecule has 0 saturated heterocycles. The van der Waals surface area contributed by atoms with Gasteiger partial charge >= 0.3 is 0 Å². The van der Waals surface area contributed by atoms with Crippen LogP contribution < -0.4 is 0 Å². The fraction of sp³-hybridized carbons (Fsp3) is 0.333. The van der Waals surface area contributed by atoms with E-state index in [4.69, 9.17) is 0 Å². The van der Waals surface area contributed by atoms with Crippen molar-refractivity contribution in [1.29, 1.82) is 0 Å². The van der Waals surface area contributed by atoms with E-state index < -0.39 is 0 Å². The molecule has 3 heteroatoms. The van der Waals surface area contributed by atoms with Gasteiger partial charge in [0.1, 0.15) is 5.82 Å². The van der Waals surface area contributed by atoms with Crippen molar-refractivity contribution in [2.24, 2.45) is 5.92 Å². The van der Waals surface area contributed by atoms with Crippen molar-refractivity contribution in [1.82, 2.24) is 4.90 Å². The molecule has 0 N–H and O–H groups in total. The monoisotopic (exact) mass is 345 g/mol. The molecule has 1 heterocycles. The average molecular weight is 346 g/mol. The van der Waals surface area contributed by atoms with Crippen LogP contribution in [0.2, 0.25) is 0 Å². The SMILES string of the molecule is Fc1ccc2c(c1)CN(CC1=CC=C(Br)C3C=C1C3)CC2. The molecule has 0 saturated carbocycles. The van der Waals surface area contributed by atoms with Crippen molar-refractivity contribution in [3.05, 3.63) is 69.0 Å². The lowest BCUT2D eigenvalue weighted by atomic mass is 9.83. The van der Waals surface area contributed by atoms with Crippen molar-refractivity contribution >= 4 is 15.9 Å². The zero-order chi connectivity index (χ0) is 14.4. The minimum Gasteiger partial charge on any atom is -0.294 e. The van der Waals surface area contributed by atoms with Gasteiger partial charge in [0, 0.05) is 30.0 Å². The van der Waals surface area contributed by atoms with Crippen LogP contribution in [0.4, 0.5) is 4.39 Å². The van der Waals surface area contributed by atoms with Crippen molar-refractivity contribution < 1.29 is 4.39 Å². The number of fused-ring (bicyclic) bond motifs is 2. The van der Waals surface area contributed by atoms with Gasteiger partial charge in [0.2, 0.25) is 0 Å². The molecule has 3 aliphatic carbocycles. The van der Waals surface area contributed by atoms with E-state index >= 15 is 0 Å². The molecule has 1 nitrogen and oxygen atoms in total. The number of halogens is 2. The lowest BCUT2D eigenvalue weighted by Crippen LogP contribution is -2.33. The molecule has 1 aliphatic heterocycles. The van der Waals surface area contributed by atoms with E-state index in [0.717, 1.165) is 38.0 Å².